The molecule has 1 aliphatic heterocycles. The van der Waals surface area contributed by atoms with Gasteiger partial charge in [-0.1, -0.05) is 17.7 Å². The summed E-state index contributed by atoms with van der Waals surface area (Å²) in [6.45, 7) is 5.66. The summed E-state index contributed by atoms with van der Waals surface area (Å²) >= 11 is 6.22. The molecule has 8 heteroatoms. The molecule has 0 aromatic heterocycles. The molecule has 2 aromatic rings. The first-order chi connectivity index (χ1) is 13.0. The van der Waals surface area contributed by atoms with E-state index in [4.69, 9.17) is 26.2 Å². The first-order valence-electron chi connectivity index (χ1n) is 8.25. The molecule has 1 N–H and O–H groups in total. The molecule has 0 amide bonds. The number of hydrogen-bond acceptors (Lipinski definition) is 3. The van der Waals surface area contributed by atoms with Crippen molar-refractivity contribution in [3.05, 3.63) is 57.1 Å². The van der Waals surface area contributed by atoms with Crippen molar-refractivity contribution in [2.24, 2.45) is 0 Å². The minimum atomic E-state index is -4.88. The second-order valence-electron chi connectivity index (χ2n) is 6.57. The van der Waals surface area contributed by atoms with E-state index < -0.39 is 23.8 Å². The van der Waals surface area contributed by atoms with Gasteiger partial charge >= 0.3 is 12.1 Å². The van der Waals surface area contributed by atoms with E-state index in [1.807, 2.05) is 26.8 Å². The molecule has 3 rings (SSSR count). The zero-order valence-electron chi connectivity index (χ0n) is 15.1. The molecule has 1 aliphatic rings. The van der Waals surface area contributed by atoms with Gasteiger partial charge in [-0.05, 0) is 55.7 Å². The van der Waals surface area contributed by atoms with Crippen LogP contribution in [0.1, 0.15) is 22.3 Å². The Bertz CT molecular complexity index is 996. The monoisotopic (exact) mass is 412 g/mol. The SMILES string of the molecule is Cc1cc(C)c(C)c(Oc2cc3c(cc2Cl)C=C(C(=O)O)C(C(F)(F)F)O3)c1. The Morgan fingerprint density at radius 3 is 2.43 bits per heavy atom. The fraction of sp³-hybridized carbons (Fsp3) is 0.250. The van der Waals surface area contributed by atoms with Crippen LogP contribution in [0.25, 0.3) is 6.08 Å². The van der Waals surface area contributed by atoms with Crippen molar-refractivity contribution < 1.29 is 32.5 Å². The average Bonchev–Trinajstić information content (AvgIpc) is 2.57. The van der Waals surface area contributed by atoms with E-state index in [9.17, 15) is 18.0 Å². The summed E-state index contributed by atoms with van der Waals surface area (Å²) in [5.41, 5.74) is 2.03. The van der Waals surface area contributed by atoms with Crippen LogP contribution < -0.4 is 9.47 Å². The molecule has 0 bridgehead atoms. The summed E-state index contributed by atoms with van der Waals surface area (Å²) in [6, 6.07) is 6.33. The first-order valence-corrected chi connectivity index (χ1v) is 8.62. The molecule has 0 fully saturated rings. The summed E-state index contributed by atoms with van der Waals surface area (Å²) < 4.78 is 50.5. The van der Waals surface area contributed by atoms with Crippen LogP contribution in [0, 0.1) is 20.8 Å². The van der Waals surface area contributed by atoms with E-state index in [-0.39, 0.29) is 22.1 Å². The number of aryl methyl sites for hydroxylation is 2. The third-order valence-electron chi connectivity index (χ3n) is 4.43. The number of ether oxygens (including phenoxy) is 2. The van der Waals surface area contributed by atoms with Crippen LogP contribution in [0.3, 0.4) is 0 Å². The van der Waals surface area contributed by atoms with Crippen molar-refractivity contribution >= 4 is 23.6 Å². The smallest absolute Gasteiger partial charge is 0.430 e. The number of carbonyl (C=O) groups is 1. The van der Waals surface area contributed by atoms with Crippen molar-refractivity contribution in [1.82, 2.24) is 0 Å². The van der Waals surface area contributed by atoms with Crippen LogP contribution in [0.15, 0.2) is 29.8 Å². The first kappa shape index (κ1) is 20.1. The zero-order chi connectivity index (χ0) is 20.8. The maximum Gasteiger partial charge on any atom is 0.430 e. The highest BCUT2D eigenvalue weighted by Gasteiger charge is 2.48. The number of hydrogen-bond donors (Lipinski definition) is 1. The van der Waals surface area contributed by atoms with Crippen LogP contribution in [0.5, 0.6) is 17.2 Å². The number of halogens is 4. The molecular weight excluding hydrogens is 397 g/mol. The Morgan fingerprint density at radius 2 is 1.82 bits per heavy atom. The predicted octanol–water partition coefficient (Wildman–Crippen LogP) is 5.85. The number of rotatable bonds is 3. The van der Waals surface area contributed by atoms with Gasteiger partial charge in [0.1, 0.15) is 17.2 Å². The summed E-state index contributed by atoms with van der Waals surface area (Å²) in [4.78, 5) is 11.2. The van der Waals surface area contributed by atoms with Gasteiger partial charge in [0.05, 0.1) is 10.6 Å². The molecule has 1 heterocycles. The Balaban J connectivity index is 2.05. The second-order valence-corrected chi connectivity index (χ2v) is 6.98. The van der Waals surface area contributed by atoms with Crippen molar-refractivity contribution in [3.63, 3.8) is 0 Å². The molecule has 2 aromatic carbocycles. The number of aliphatic carboxylic acids is 1. The molecule has 0 radical (unpaired) electrons. The van der Waals surface area contributed by atoms with Crippen molar-refractivity contribution in [1.29, 1.82) is 0 Å². The number of benzene rings is 2. The highest BCUT2D eigenvalue weighted by Crippen LogP contribution is 2.43. The van der Waals surface area contributed by atoms with Gasteiger partial charge in [0, 0.05) is 11.6 Å². The lowest BCUT2D eigenvalue weighted by Crippen LogP contribution is -2.40. The van der Waals surface area contributed by atoms with E-state index in [0.29, 0.717) is 5.75 Å². The number of carboxylic acids is 1. The normalized spacial score (nSPS) is 16.1. The highest BCUT2D eigenvalue weighted by atomic mass is 35.5. The van der Waals surface area contributed by atoms with Crippen LogP contribution in [0.4, 0.5) is 13.2 Å². The van der Waals surface area contributed by atoms with Gasteiger partial charge in [0.15, 0.2) is 0 Å². The summed E-state index contributed by atoms with van der Waals surface area (Å²) in [5, 5.41) is 9.21. The molecule has 0 aliphatic carbocycles. The molecule has 28 heavy (non-hydrogen) atoms. The minimum Gasteiger partial charge on any atom is -0.478 e. The summed E-state index contributed by atoms with van der Waals surface area (Å²) in [5.74, 6) is -1.24. The fourth-order valence-corrected chi connectivity index (χ4v) is 3.13. The summed E-state index contributed by atoms with van der Waals surface area (Å²) in [6.07, 6.45) is -6.54. The van der Waals surface area contributed by atoms with Gasteiger partial charge in [-0.15, -0.1) is 0 Å². The van der Waals surface area contributed by atoms with Gasteiger partial charge in [-0.2, -0.15) is 13.2 Å². The molecule has 0 saturated heterocycles. The molecule has 148 valence electrons. The van der Waals surface area contributed by atoms with Gasteiger partial charge in [-0.25, -0.2) is 4.79 Å². The van der Waals surface area contributed by atoms with Gasteiger partial charge in [-0.3, -0.25) is 0 Å². The second kappa shape index (κ2) is 7.05. The maximum atomic E-state index is 13.2. The Morgan fingerprint density at radius 1 is 1.14 bits per heavy atom. The zero-order valence-corrected chi connectivity index (χ0v) is 15.9. The van der Waals surface area contributed by atoms with E-state index in [2.05, 4.69) is 0 Å². The van der Waals surface area contributed by atoms with E-state index in [1.54, 1.807) is 6.07 Å². The number of alkyl halides is 3. The Kier molecular flexibility index (Phi) is 5.06. The molecule has 4 nitrogen and oxygen atoms in total. The van der Waals surface area contributed by atoms with Crippen molar-refractivity contribution in [2.45, 2.75) is 33.1 Å². The molecule has 0 spiro atoms. The van der Waals surface area contributed by atoms with Crippen molar-refractivity contribution in [2.75, 3.05) is 0 Å². The number of fused-ring (bicyclic) bond motifs is 1. The minimum absolute atomic E-state index is 0.113. The highest BCUT2D eigenvalue weighted by molar-refractivity contribution is 6.32. The largest absolute Gasteiger partial charge is 0.478 e. The van der Waals surface area contributed by atoms with Gasteiger partial charge in [0.2, 0.25) is 6.10 Å². The van der Waals surface area contributed by atoms with Crippen LogP contribution in [0.2, 0.25) is 5.02 Å². The van der Waals surface area contributed by atoms with E-state index in [1.165, 1.54) is 12.1 Å². The third-order valence-corrected chi connectivity index (χ3v) is 4.73. The van der Waals surface area contributed by atoms with Crippen molar-refractivity contribution in [3.8, 4) is 17.2 Å². The topological polar surface area (TPSA) is 55.8 Å². The van der Waals surface area contributed by atoms with E-state index >= 15 is 0 Å². The Labute approximate surface area is 164 Å². The lowest BCUT2D eigenvalue weighted by atomic mass is 10.0. The van der Waals surface area contributed by atoms with Crippen LogP contribution in [-0.4, -0.2) is 23.4 Å². The van der Waals surface area contributed by atoms with Crippen LogP contribution >= 0.6 is 11.6 Å². The van der Waals surface area contributed by atoms with Gasteiger partial charge < -0.3 is 14.6 Å². The van der Waals surface area contributed by atoms with E-state index in [0.717, 1.165) is 22.8 Å². The van der Waals surface area contributed by atoms with Gasteiger partial charge in [0.25, 0.3) is 0 Å². The molecule has 1 atom stereocenters. The summed E-state index contributed by atoms with van der Waals surface area (Å²) in [7, 11) is 0. The average molecular weight is 413 g/mol. The number of carboxylic acid groups (broad SMARTS) is 1. The van der Waals surface area contributed by atoms with Crippen LogP contribution in [-0.2, 0) is 4.79 Å². The lowest BCUT2D eigenvalue weighted by molar-refractivity contribution is -0.187. The third kappa shape index (κ3) is 3.80. The molecule has 1 unspecified atom stereocenters. The fourth-order valence-electron chi connectivity index (χ4n) is 2.92. The Hall–Kier alpha value is -2.67. The maximum absolute atomic E-state index is 13.2. The molecular formula is C20H16ClF3O4. The lowest BCUT2D eigenvalue weighted by Gasteiger charge is -2.27. The standard InChI is InChI=1S/C20H16ClF3O4/c1-9-4-10(2)11(3)15(5-9)27-17-8-16-12(7-14(17)21)6-13(19(25)26)18(28-16)20(22,23)24/h4-8,18H,1-3H3,(H,25,26). The predicted molar refractivity (Wildman–Crippen MR) is 98.3 cm³/mol. The molecule has 0 saturated carbocycles. The quantitative estimate of drug-likeness (QED) is 0.687.